The van der Waals surface area contributed by atoms with Gasteiger partial charge in [-0.25, -0.2) is 0 Å². The molecule has 0 spiro atoms. The number of rotatable bonds is 2. The van der Waals surface area contributed by atoms with Crippen LogP contribution in [-0.4, -0.2) is 39.8 Å². The molecule has 16 heavy (non-hydrogen) atoms. The van der Waals surface area contributed by atoms with Crippen molar-refractivity contribution in [2.45, 2.75) is 26.4 Å². The van der Waals surface area contributed by atoms with Gasteiger partial charge in [0.15, 0.2) is 0 Å². The van der Waals surface area contributed by atoms with Crippen LogP contribution in [0, 0.1) is 12.8 Å². The van der Waals surface area contributed by atoms with Crippen LogP contribution in [0.4, 0.5) is 0 Å². The van der Waals surface area contributed by atoms with Gasteiger partial charge in [0.25, 0.3) is 5.91 Å². The fraction of sp³-hybridized carbons (Fsp3) is 0.636. The van der Waals surface area contributed by atoms with Crippen LogP contribution < -0.4 is 0 Å². The van der Waals surface area contributed by atoms with Gasteiger partial charge < -0.3 is 14.5 Å². The lowest BCUT2D eigenvalue weighted by Gasteiger charge is -2.48. The Morgan fingerprint density at radius 1 is 1.62 bits per heavy atom. The Hall–Kier alpha value is -1.36. The number of hydrogen-bond acceptors (Lipinski definition) is 4. The van der Waals surface area contributed by atoms with E-state index in [1.165, 1.54) is 0 Å². The Bertz CT molecular complexity index is 405. The third-order valence-electron chi connectivity index (χ3n) is 3.13. The van der Waals surface area contributed by atoms with Gasteiger partial charge in [0.2, 0.25) is 5.76 Å². The average Bonchev–Trinajstić information content (AvgIpc) is 2.58. The summed E-state index contributed by atoms with van der Waals surface area (Å²) in [7, 11) is 0. The Morgan fingerprint density at radius 3 is 2.69 bits per heavy atom. The van der Waals surface area contributed by atoms with Crippen molar-refractivity contribution >= 4 is 5.91 Å². The molecule has 1 fully saturated rings. The highest BCUT2D eigenvalue weighted by Gasteiger charge is 2.46. The molecule has 1 aromatic rings. The van der Waals surface area contributed by atoms with E-state index in [1.807, 2.05) is 13.8 Å². The van der Waals surface area contributed by atoms with Gasteiger partial charge in [-0.05, 0) is 12.8 Å². The maximum Gasteiger partial charge on any atom is 0.292 e. The van der Waals surface area contributed by atoms with E-state index in [0.29, 0.717) is 18.8 Å². The number of likely N-dealkylation sites (tertiary alicyclic amines) is 1. The first-order valence-electron chi connectivity index (χ1n) is 5.37. The summed E-state index contributed by atoms with van der Waals surface area (Å²) in [4.78, 5) is 13.4. The summed E-state index contributed by atoms with van der Waals surface area (Å²) in [6.45, 7) is 6.38. The molecule has 0 aromatic carbocycles. The van der Waals surface area contributed by atoms with E-state index < -0.39 is 5.60 Å². The minimum absolute atomic E-state index is 0.146. The summed E-state index contributed by atoms with van der Waals surface area (Å²) in [5, 5.41) is 13.7. The number of aromatic nitrogens is 1. The minimum Gasteiger partial charge on any atom is -0.386 e. The van der Waals surface area contributed by atoms with Crippen LogP contribution in [0.1, 0.15) is 30.1 Å². The van der Waals surface area contributed by atoms with Crippen LogP contribution in [0.15, 0.2) is 10.6 Å². The summed E-state index contributed by atoms with van der Waals surface area (Å²) in [5.41, 5.74) is -0.0620. The van der Waals surface area contributed by atoms with Gasteiger partial charge in [-0.15, -0.1) is 0 Å². The zero-order chi connectivity index (χ0) is 11.9. The molecule has 1 aromatic heterocycles. The molecule has 0 aliphatic carbocycles. The molecule has 1 aliphatic heterocycles. The van der Waals surface area contributed by atoms with E-state index in [-0.39, 0.29) is 17.6 Å². The number of carbonyl (C=O) groups is 1. The van der Waals surface area contributed by atoms with Crippen LogP contribution in [0.25, 0.3) is 0 Å². The second-order valence-corrected chi connectivity index (χ2v) is 4.75. The molecular weight excluding hydrogens is 208 g/mol. The third-order valence-corrected chi connectivity index (χ3v) is 3.13. The molecule has 0 bridgehead atoms. The van der Waals surface area contributed by atoms with Gasteiger partial charge in [0.05, 0.1) is 18.8 Å². The monoisotopic (exact) mass is 224 g/mol. The Kier molecular flexibility index (Phi) is 2.50. The molecule has 1 aliphatic rings. The van der Waals surface area contributed by atoms with Crippen LogP contribution in [0.5, 0.6) is 0 Å². The highest BCUT2D eigenvalue weighted by Crippen LogP contribution is 2.29. The Labute approximate surface area is 94.0 Å². The zero-order valence-corrected chi connectivity index (χ0v) is 9.73. The predicted molar refractivity (Wildman–Crippen MR) is 56.9 cm³/mol. The number of aliphatic hydroxyl groups is 1. The molecule has 5 nitrogen and oxygen atoms in total. The molecule has 2 rings (SSSR count). The molecule has 0 atom stereocenters. The largest absolute Gasteiger partial charge is 0.386 e. The second kappa shape index (κ2) is 3.59. The van der Waals surface area contributed by atoms with E-state index in [9.17, 15) is 9.90 Å². The smallest absolute Gasteiger partial charge is 0.292 e. The molecule has 0 unspecified atom stereocenters. The van der Waals surface area contributed by atoms with Gasteiger partial charge in [-0.3, -0.25) is 4.79 Å². The van der Waals surface area contributed by atoms with Crippen molar-refractivity contribution < 1.29 is 14.4 Å². The summed E-state index contributed by atoms with van der Waals surface area (Å²) in [6.07, 6.45) is 0. The van der Waals surface area contributed by atoms with Crippen LogP contribution in [-0.2, 0) is 0 Å². The maximum absolute atomic E-state index is 11.8. The van der Waals surface area contributed by atoms with Crippen molar-refractivity contribution in [2.75, 3.05) is 13.1 Å². The maximum atomic E-state index is 11.8. The van der Waals surface area contributed by atoms with Crippen molar-refractivity contribution in [3.8, 4) is 0 Å². The van der Waals surface area contributed by atoms with Gasteiger partial charge in [0.1, 0.15) is 5.60 Å². The number of amides is 1. The highest BCUT2D eigenvalue weighted by atomic mass is 16.5. The number of hydrogen-bond donors (Lipinski definition) is 1. The zero-order valence-electron chi connectivity index (χ0n) is 9.73. The van der Waals surface area contributed by atoms with Crippen molar-refractivity contribution in [1.29, 1.82) is 0 Å². The number of aryl methyl sites for hydroxylation is 1. The van der Waals surface area contributed by atoms with Gasteiger partial charge >= 0.3 is 0 Å². The van der Waals surface area contributed by atoms with Crippen molar-refractivity contribution in [3.05, 3.63) is 17.5 Å². The normalized spacial score (nSPS) is 18.7. The molecule has 88 valence electrons. The fourth-order valence-electron chi connectivity index (χ4n) is 1.74. The molecule has 1 saturated heterocycles. The fourth-order valence-corrected chi connectivity index (χ4v) is 1.74. The van der Waals surface area contributed by atoms with E-state index in [4.69, 9.17) is 4.52 Å². The van der Waals surface area contributed by atoms with E-state index in [2.05, 4.69) is 5.16 Å². The number of carbonyl (C=O) groups excluding carboxylic acids is 1. The molecule has 5 heteroatoms. The molecular formula is C11H16N2O3. The van der Waals surface area contributed by atoms with E-state index >= 15 is 0 Å². The Morgan fingerprint density at radius 2 is 2.25 bits per heavy atom. The van der Waals surface area contributed by atoms with Crippen LogP contribution >= 0.6 is 0 Å². The molecule has 0 radical (unpaired) electrons. The lowest BCUT2D eigenvalue weighted by Crippen LogP contribution is -2.65. The van der Waals surface area contributed by atoms with E-state index in [0.717, 1.165) is 0 Å². The number of nitrogens with zero attached hydrogens (tertiary/aromatic N) is 2. The topological polar surface area (TPSA) is 66.6 Å². The molecule has 0 saturated carbocycles. The van der Waals surface area contributed by atoms with Gasteiger partial charge in [0, 0.05) is 6.07 Å². The van der Waals surface area contributed by atoms with Crippen molar-refractivity contribution in [2.24, 2.45) is 5.92 Å². The second-order valence-electron chi connectivity index (χ2n) is 4.75. The Balaban J connectivity index is 2.00. The SMILES string of the molecule is Cc1cc(C(=O)N2CC(O)(C(C)C)C2)on1. The average molecular weight is 224 g/mol. The van der Waals surface area contributed by atoms with Gasteiger partial charge in [-0.1, -0.05) is 19.0 Å². The van der Waals surface area contributed by atoms with Crippen molar-refractivity contribution in [1.82, 2.24) is 10.1 Å². The summed E-state index contributed by atoms with van der Waals surface area (Å²) >= 11 is 0. The first-order valence-corrected chi connectivity index (χ1v) is 5.37. The lowest BCUT2D eigenvalue weighted by molar-refractivity contribution is -0.111. The lowest BCUT2D eigenvalue weighted by atomic mass is 9.83. The van der Waals surface area contributed by atoms with Crippen LogP contribution in [0.2, 0.25) is 0 Å². The summed E-state index contributed by atoms with van der Waals surface area (Å²) < 4.78 is 4.89. The first-order chi connectivity index (χ1) is 7.42. The molecule has 1 N–H and O–H groups in total. The predicted octanol–water partition coefficient (Wildman–Crippen LogP) is 0.826. The number of β-amino-alcohol motifs (C(OH)–C–C–N with tert-alkyl or cyclic N) is 1. The minimum atomic E-state index is -0.745. The van der Waals surface area contributed by atoms with Crippen LogP contribution in [0.3, 0.4) is 0 Å². The quantitative estimate of drug-likeness (QED) is 0.807. The van der Waals surface area contributed by atoms with E-state index in [1.54, 1.807) is 17.9 Å². The molecule has 2 heterocycles. The summed E-state index contributed by atoms with van der Waals surface area (Å²) in [6, 6.07) is 1.61. The highest BCUT2D eigenvalue weighted by molar-refractivity contribution is 5.92. The van der Waals surface area contributed by atoms with Gasteiger partial charge in [-0.2, -0.15) is 0 Å². The standard InChI is InChI=1S/C11H16N2O3/c1-7(2)11(15)5-13(6-11)10(14)9-4-8(3)12-16-9/h4,7,15H,5-6H2,1-3H3. The third kappa shape index (κ3) is 1.71. The summed E-state index contributed by atoms with van der Waals surface area (Å²) in [5.74, 6) is 0.183. The van der Waals surface area contributed by atoms with Crippen molar-refractivity contribution in [3.63, 3.8) is 0 Å². The molecule has 1 amide bonds. The first kappa shape index (κ1) is 11.1.